The Morgan fingerprint density at radius 2 is 1.77 bits per heavy atom. The molecule has 0 aliphatic heterocycles. The van der Waals surface area contributed by atoms with Crippen molar-refractivity contribution in [1.29, 1.82) is 0 Å². The number of anilines is 1. The molecule has 2 heterocycles. The van der Waals surface area contributed by atoms with Crippen LogP contribution in [0.2, 0.25) is 0 Å². The third-order valence-electron chi connectivity index (χ3n) is 4.88. The van der Waals surface area contributed by atoms with Crippen molar-refractivity contribution in [3.8, 4) is 5.69 Å². The Kier molecular flexibility index (Phi) is 5.20. The van der Waals surface area contributed by atoms with Gasteiger partial charge in [0, 0.05) is 22.7 Å². The fourth-order valence-corrected chi connectivity index (χ4v) is 4.13. The van der Waals surface area contributed by atoms with Crippen LogP contribution < -0.4 is 5.32 Å². The average Bonchev–Trinajstić information content (AvgIpc) is 3.48. The standard InChI is InChI=1S/C23H18N6OS/c30-22(19-6-2-1-5-16(19)13-31-23-24-14-26-28-23)27-17-9-11-18(12-10-17)29-15-25-20-7-3-4-8-21(20)29/h1-12,14-15H,13H2,(H,27,30)(H,24,26,28). The quantitative estimate of drug-likeness (QED) is 0.385. The molecule has 2 aromatic heterocycles. The molecule has 8 heteroatoms. The molecule has 5 rings (SSSR count). The number of nitrogens with zero attached hydrogens (tertiary/aromatic N) is 4. The summed E-state index contributed by atoms with van der Waals surface area (Å²) in [6.07, 6.45) is 3.28. The van der Waals surface area contributed by atoms with Gasteiger partial charge in [0.25, 0.3) is 5.91 Å². The lowest BCUT2D eigenvalue weighted by Gasteiger charge is -2.11. The molecule has 1 amide bonds. The molecule has 2 N–H and O–H groups in total. The van der Waals surface area contributed by atoms with Crippen LogP contribution in [0.1, 0.15) is 15.9 Å². The van der Waals surface area contributed by atoms with E-state index in [4.69, 9.17) is 0 Å². The number of aromatic amines is 1. The molecule has 3 aromatic carbocycles. The summed E-state index contributed by atoms with van der Waals surface area (Å²) in [7, 11) is 0. The van der Waals surface area contributed by atoms with Crippen LogP contribution >= 0.6 is 11.8 Å². The maximum absolute atomic E-state index is 12.9. The molecule has 152 valence electrons. The van der Waals surface area contributed by atoms with Crippen molar-refractivity contribution >= 4 is 34.4 Å². The summed E-state index contributed by atoms with van der Waals surface area (Å²) in [5.74, 6) is 0.473. The molecule has 0 spiro atoms. The highest BCUT2D eigenvalue weighted by Gasteiger charge is 2.12. The van der Waals surface area contributed by atoms with Crippen molar-refractivity contribution in [2.75, 3.05) is 5.32 Å². The summed E-state index contributed by atoms with van der Waals surface area (Å²) in [5, 5.41) is 10.4. The van der Waals surface area contributed by atoms with Gasteiger partial charge in [-0.15, -0.1) is 0 Å². The number of hydrogen-bond acceptors (Lipinski definition) is 5. The fraction of sp³-hybridized carbons (Fsp3) is 0.0435. The van der Waals surface area contributed by atoms with E-state index in [0.717, 1.165) is 33.1 Å². The maximum atomic E-state index is 12.9. The molecule has 31 heavy (non-hydrogen) atoms. The Morgan fingerprint density at radius 1 is 0.968 bits per heavy atom. The van der Waals surface area contributed by atoms with E-state index in [-0.39, 0.29) is 5.91 Å². The van der Waals surface area contributed by atoms with E-state index in [1.807, 2.05) is 77.4 Å². The molecule has 0 unspecified atom stereocenters. The zero-order valence-electron chi connectivity index (χ0n) is 16.4. The van der Waals surface area contributed by atoms with E-state index in [0.29, 0.717) is 11.3 Å². The Labute approximate surface area is 182 Å². The lowest BCUT2D eigenvalue weighted by Crippen LogP contribution is -2.14. The number of H-pyrrole nitrogens is 1. The number of fused-ring (bicyclic) bond motifs is 1. The largest absolute Gasteiger partial charge is 0.322 e. The molecule has 0 aliphatic rings. The Bertz CT molecular complexity index is 1330. The molecule has 0 bridgehead atoms. The van der Waals surface area contributed by atoms with Crippen molar-refractivity contribution in [1.82, 2.24) is 24.7 Å². The number of hydrogen-bond donors (Lipinski definition) is 2. The number of nitrogens with one attached hydrogen (secondary N) is 2. The second kappa shape index (κ2) is 8.45. The van der Waals surface area contributed by atoms with E-state index >= 15 is 0 Å². The second-order valence-corrected chi connectivity index (χ2v) is 7.80. The summed E-state index contributed by atoms with van der Waals surface area (Å²) >= 11 is 1.50. The van der Waals surface area contributed by atoms with Crippen LogP contribution in [0.5, 0.6) is 0 Å². The van der Waals surface area contributed by atoms with Gasteiger partial charge in [0.05, 0.1) is 11.0 Å². The van der Waals surface area contributed by atoms with Gasteiger partial charge >= 0.3 is 0 Å². The number of imidazole rings is 1. The first kappa shape index (κ1) is 19.1. The summed E-state index contributed by atoms with van der Waals surface area (Å²) in [4.78, 5) is 21.5. The van der Waals surface area contributed by atoms with Gasteiger partial charge in [0.1, 0.15) is 12.7 Å². The first-order valence-corrected chi connectivity index (χ1v) is 10.7. The minimum atomic E-state index is -0.144. The number of aromatic nitrogens is 5. The van der Waals surface area contributed by atoms with Gasteiger partial charge in [-0.3, -0.25) is 14.5 Å². The highest BCUT2D eigenvalue weighted by Crippen LogP contribution is 2.23. The molecule has 0 fully saturated rings. The molecule has 0 radical (unpaired) electrons. The molecule has 5 aromatic rings. The van der Waals surface area contributed by atoms with Crippen LogP contribution in [0.25, 0.3) is 16.7 Å². The first-order valence-electron chi connectivity index (χ1n) is 9.68. The van der Waals surface area contributed by atoms with Crippen LogP contribution in [0.15, 0.2) is 90.6 Å². The van der Waals surface area contributed by atoms with Crippen molar-refractivity contribution in [3.05, 3.63) is 96.6 Å². The second-order valence-electron chi connectivity index (χ2n) is 6.84. The molecule has 0 atom stereocenters. The topological polar surface area (TPSA) is 88.5 Å². The summed E-state index contributed by atoms with van der Waals surface area (Å²) in [6.45, 7) is 0. The first-order chi connectivity index (χ1) is 15.3. The van der Waals surface area contributed by atoms with Crippen molar-refractivity contribution in [3.63, 3.8) is 0 Å². The summed E-state index contributed by atoms with van der Waals surface area (Å²) in [6, 6.07) is 23.3. The van der Waals surface area contributed by atoms with Crippen molar-refractivity contribution in [2.24, 2.45) is 0 Å². The van der Waals surface area contributed by atoms with Gasteiger partial charge in [-0.05, 0) is 48.0 Å². The Balaban J connectivity index is 1.32. The molecule has 7 nitrogen and oxygen atoms in total. The highest BCUT2D eigenvalue weighted by atomic mass is 32.2. The monoisotopic (exact) mass is 426 g/mol. The Hall–Kier alpha value is -3.91. The van der Waals surface area contributed by atoms with Gasteiger partial charge in [-0.1, -0.05) is 42.1 Å². The molecular formula is C23H18N6OS. The Morgan fingerprint density at radius 3 is 2.61 bits per heavy atom. The highest BCUT2D eigenvalue weighted by molar-refractivity contribution is 7.98. The number of amides is 1. The molecule has 0 saturated carbocycles. The van der Waals surface area contributed by atoms with Gasteiger partial charge in [-0.2, -0.15) is 5.10 Å². The smallest absolute Gasteiger partial charge is 0.255 e. The lowest BCUT2D eigenvalue weighted by molar-refractivity contribution is 0.102. The van der Waals surface area contributed by atoms with Crippen molar-refractivity contribution < 1.29 is 4.79 Å². The predicted octanol–water partition coefficient (Wildman–Crippen LogP) is 4.69. The van der Waals surface area contributed by atoms with E-state index in [1.54, 1.807) is 6.33 Å². The lowest BCUT2D eigenvalue weighted by atomic mass is 10.1. The third kappa shape index (κ3) is 4.06. The predicted molar refractivity (Wildman–Crippen MR) is 121 cm³/mol. The SMILES string of the molecule is O=C(Nc1ccc(-n2cnc3ccccc32)cc1)c1ccccc1CSc1ncn[nH]1. The van der Waals surface area contributed by atoms with Crippen LogP contribution in [0, 0.1) is 0 Å². The normalized spacial score (nSPS) is 11.0. The minimum absolute atomic E-state index is 0.144. The zero-order valence-corrected chi connectivity index (χ0v) is 17.2. The summed E-state index contributed by atoms with van der Waals surface area (Å²) < 4.78 is 2.02. The number of rotatable bonds is 6. The van der Waals surface area contributed by atoms with E-state index in [2.05, 4.69) is 25.5 Å². The zero-order chi connectivity index (χ0) is 21.0. The van der Waals surface area contributed by atoms with E-state index in [1.165, 1.54) is 18.1 Å². The fourth-order valence-electron chi connectivity index (χ4n) is 3.35. The average molecular weight is 427 g/mol. The maximum Gasteiger partial charge on any atom is 0.255 e. The van der Waals surface area contributed by atoms with Gasteiger partial charge in [0.15, 0.2) is 5.16 Å². The molecule has 0 saturated heterocycles. The third-order valence-corrected chi connectivity index (χ3v) is 5.80. The van der Waals surface area contributed by atoms with Crippen LogP contribution in [0.4, 0.5) is 5.69 Å². The number of carbonyl (C=O) groups is 1. The van der Waals surface area contributed by atoms with Crippen molar-refractivity contribution in [2.45, 2.75) is 10.9 Å². The number of carbonyl (C=O) groups excluding carboxylic acids is 1. The van der Waals surface area contributed by atoms with Gasteiger partial charge < -0.3 is 5.32 Å². The molecular weight excluding hydrogens is 408 g/mol. The number of thioether (sulfide) groups is 1. The van der Waals surface area contributed by atoms with Gasteiger partial charge in [-0.25, -0.2) is 9.97 Å². The number of benzene rings is 3. The van der Waals surface area contributed by atoms with Crippen LogP contribution in [-0.2, 0) is 5.75 Å². The van der Waals surface area contributed by atoms with E-state index < -0.39 is 0 Å². The number of para-hydroxylation sites is 2. The van der Waals surface area contributed by atoms with E-state index in [9.17, 15) is 4.79 Å². The van der Waals surface area contributed by atoms with Gasteiger partial charge in [0.2, 0.25) is 0 Å². The van der Waals surface area contributed by atoms with Crippen LogP contribution in [0.3, 0.4) is 0 Å². The summed E-state index contributed by atoms with van der Waals surface area (Å²) in [5.41, 5.74) is 5.27. The minimum Gasteiger partial charge on any atom is -0.322 e. The molecule has 0 aliphatic carbocycles. The van der Waals surface area contributed by atoms with Crippen LogP contribution in [-0.4, -0.2) is 30.6 Å².